The van der Waals surface area contributed by atoms with Gasteiger partial charge in [-0.15, -0.1) is 0 Å². The first-order valence-electron chi connectivity index (χ1n) is 9.38. The number of hydrogen-bond donors (Lipinski definition) is 1. The maximum Gasteiger partial charge on any atom is 0.327 e. The molecule has 1 heterocycles. The summed E-state index contributed by atoms with van der Waals surface area (Å²) in [6.45, 7) is 5.87. The fourth-order valence-electron chi connectivity index (χ4n) is 3.20. The maximum atomic E-state index is 12.2. The van der Waals surface area contributed by atoms with Crippen LogP contribution in [0.3, 0.4) is 0 Å². The Morgan fingerprint density at radius 2 is 1.97 bits per heavy atom. The van der Waals surface area contributed by atoms with E-state index in [1.165, 1.54) is 23.9 Å². The van der Waals surface area contributed by atoms with Gasteiger partial charge in [0.15, 0.2) is 5.16 Å². The highest BCUT2D eigenvalue weighted by Crippen LogP contribution is 2.38. The van der Waals surface area contributed by atoms with Crippen molar-refractivity contribution in [2.24, 2.45) is 5.41 Å². The zero-order valence-electron chi connectivity index (χ0n) is 16.9. The lowest BCUT2D eigenvalue weighted by molar-refractivity contribution is -0.384. The monoisotopic (exact) mass is 429 g/mol. The molecule has 0 aliphatic carbocycles. The number of non-ortho nitro benzene ring substituents is 1. The second-order valence-corrected chi connectivity index (χ2v) is 8.87. The molecule has 0 saturated carbocycles. The van der Waals surface area contributed by atoms with E-state index in [0.29, 0.717) is 28.5 Å². The number of rotatable bonds is 8. The van der Waals surface area contributed by atoms with Gasteiger partial charge in [0.25, 0.3) is 5.69 Å². The molecule has 0 amide bonds. The number of thioether (sulfide) groups is 1. The van der Waals surface area contributed by atoms with E-state index in [-0.39, 0.29) is 5.69 Å². The molecule has 1 N–H and O–H groups in total. The fraction of sp³-hybridized carbons (Fsp3) is 0.333. The van der Waals surface area contributed by atoms with Crippen LogP contribution in [-0.4, -0.2) is 37.9 Å². The molecule has 0 aliphatic heterocycles. The van der Waals surface area contributed by atoms with Crippen molar-refractivity contribution < 1.29 is 19.6 Å². The number of fused-ring (bicyclic) bond motifs is 1. The number of carbonyl (C=O) groups is 1. The number of hydrogen-bond acceptors (Lipinski definition) is 6. The molecule has 0 spiro atoms. The van der Waals surface area contributed by atoms with Crippen molar-refractivity contribution >= 4 is 34.5 Å². The number of aliphatic carboxylic acids is 1. The number of benzene rings is 2. The van der Waals surface area contributed by atoms with Crippen molar-refractivity contribution in [3.8, 4) is 5.75 Å². The summed E-state index contributed by atoms with van der Waals surface area (Å²) in [5, 5.41) is 21.7. The summed E-state index contributed by atoms with van der Waals surface area (Å²) >= 11 is 1.36. The number of nitrogens with zero attached hydrogens (tertiary/aromatic N) is 3. The summed E-state index contributed by atoms with van der Waals surface area (Å²) in [4.78, 5) is 27.5. The molecule has 2 aromatic carbocycles. The Morgan fingerprint density at radius 1 is 1.27 bits per heavy atom. The molecule has 9 heteroatoms. The van der Waals surface area contributed by atoms with Gasteiger partial charge in [-0.2, -0.15) is 0 Å². The Bertz CT molecular complexity index is 1060. The topological polar surface area (TPSA) is 107 Å². The lowest BCUT2D eigenvalue weighted by Gasteiger charge is -2.29. The lowest BCUT2D eigenvalue weighted by atomic mass is 9.86. The van der Waals surface area contributed by atoms with Crippen LogP contribution < -0.4 is 4.74 Å². The van der Waals surface area contributed by atoms with Gasteiger partial charge in [-0.25, -0.2) is 9.78 Å². The number of nitro groups is 1. The highest BCUT2D eigenvalue weighted by molar-refractivity contribution is 7.99. The van der Waals surface area contributed by atoms with Crippen LogP contribution in [0.2, 0.25) is 0 Å². The molecule has 30 heavy (non-hydrogen) atoms. The quantitative estimate of drug-likeness (QED) is 0.237. The zero-order valence-corrected chi connectivity index (χ0v) is 17.8. The van der Waals surface area contributed by atoms with Crippen LogP contribution in [-0.2, 0) is 4.79 Å². The second kappa shape index (κ2) is 8.74. The molecule has 8 nitrogen and oxygen atoms in total. The van der Waals surface area contributed by atoms with E-state index in [2.05, 4.69) is 4.98 Å². The van der Waals surface area contributed by atoms with E-state index in [9.17, 15) is 20.0 Å². The third kappa shape index (κ3) is 4.73. The van der Waals surface area contributed by atoms with Gasteiger partial charge < -0.3 is 14.4 Å². The SMILES string of the molecule is CC(C)(C)C(C(=O)O)n1c(SCCOc2ccccc2)nc2ccc([N+](=O)[O-])cc21. The molecule has 1 aromatic heterocycles. The summed E-state index contributed by atoms with van der Waals surface area (Å²) in [6.07, 6.45) is 0. The summed E-state index contributed by atoms with van der Waals surface area (Å²) in [5.74, 6) is 0.271. The van der Waals surface area contributed by atoms with Crippen LogP contribution in [0.25, 0.3) is 11.0 Å². The minimum absolute atomic E-state index is 0.106. The summed E-state index contributed by atoms with van der Waals surface area (Å²) in [6, 6.07) is 12.8. The summed E-state index contributed by atoms with van der Waals surface area (Å²) in [5.41, 5.74) is 0.200. The number of aromatic nitrogens is 2. The van der Waals surface area contributed by atoms with Gasteiger partial charge in [-0.1, -0.05) is 50.7 Å². The van der Waals surface area contributed by atoms with Gasteiger partial charge in [0.05, 0.1) is 22.6 Å². The highest BCUT2D eigenvalue weighted by atomic mass is 32.2. The van der Waals surface area contributed by atoms with E-state index >= 15 is 0 Å². The Kier molecular flexibility index (Phi) is 6.31. The van der Waals surface area contributed by atoms with Gasteiger partial charge in [0, 0.05) is 17.9 Å². The first-order valence-corrected chi connectivity index (χ1v) is 10.4. The number of imidazole rings is 1. The Balaban J connectivity index is 1.95. The average molecular weight is 429 g/mol. The van der Waals surface area contributed by atoms with Crippen molar-refractivity contribution in [3.63, 3.8) is 0 Å². The van der Waals surface area contributed by atoms with Crippen molar-refractivity contribution in [2.45, 2.75) is 32.0 Å². The van der Waals surface area contributed by atoms with E-state index in [4.69, 9.17) is 4.74 Å². The number of carboxylic acid groups (broad SMARTS) is 1. The van der Waals surface area contributed by atoms with E-state index < -0.39 is 22.3 Å². The average Bonchev–Trinajstić information content (AvgIpc) is 3.02. The van der Waals surface area contributed by atoms with Crippen LogP contribution in [0.4, 0.5) is 5.69 Å². The molecule has 0 saturated heterocycles. The van der Waals surface area contributed by atoms with Crippen LogP contribution in [0.5, 0.6) is 5.75 Å². The molecule has 0 radical (unpaired) electrons. The van der Waals surface area contributed by atoms with Crippen molar-refractivity contribution in [3.05, 3.63) is 58.6 Å². The van der Waals surface area contributed by atoms with E-state index in [1.54, 1.807) is 10.6 Å². The van der Waals surface area contributed by atoms with E-state index in [1.807, 2.05) is 51.1 Å². The smallest absolute Gasteiger partial charge is 0.327 e. The van der Waals surface area contributed by atoms with Crippen LogP contribution >= 0.6 is 11.8 Å². The molecular formula is C21H23N3O5S. The minimum atomic E-state index is -1.02. The number of carboxylic acids is 1. The largest absolute Gasteiger partial charge is 0.493 e. The second-order valence-electron chi connectivity index (χ2n) is 7.81. The van der Waals surface area contributed by atoms with Crippen LogP contribution in [0.1, 0.15) is 26.8 Å². The van der Waals surface area contributed by atoms with Gasteiger partial charge in [-0.05, 0) is 23.6 Å². The number of nitro benzene ring substituents is 1. The molecule has 1 unspecified atom stereocenters. The molecule has 0 aliphatic rings. The zero-order chi connectivity index (χ0) is 21.9. The predicted molar refractivity (Wildman–Crippen MR) is 115 cm³/mol. The minimum Gasteiger partial charge on any atom is -0.493 e. The Hall–Kier alpha value is -3.07. The third-order valence-corrected chi connectivity index (χ3v) is 5.41. The Morgan fingerprint density at radius 3 is 2.57 bits per heavy atom. The van der Waals surface area contributed by atoms with Gasteiger partial charge >= 0.3 is 5.97 Å². The van der Waals surface area contributed by atoms with Crippen molar-refractivity contribution in [2.75, 3.05) is 12.4 Å². The maximum absolute atomic E-state index is 12.2. The molecule has 1 atom stereocenters. The first-order chi connectivity index (χ1) is 14.2. The van der Waals surface area contributed by atoms with Crippen molar-refractivity contribution in [1.82, 2.24) is 9.55 Å². The van der Waals surface area contributed by atoms with Gasteiger partial charge in [0.2, 0.25) is 0 Å². The fourth-order valence-corrected chi connectivity index (χ4v) is 4.06. The molecular weight excluding hydrogens is 406 g/mol. The Labute approximate surface area is 178 Å². The third-order valence-electron chi connectivity index (χ3n) is 4.49. The standard InChI is InChI=1S/C21H23N3O5S/c1-21(2,3)18(19(25)26)23-17-13-14(24(27)28)9-10-16(17)22-20(23)30-12-11-29-15-7-5-4-6-8-15/h4-10,13,18H,11-12H2,1-3H3,(H,25,26). The molecule has 0 bridgehead atoms. The lowest BCUT2D eigenvalue weighted by Crippen LogP contribution is -2.32. The first kappa shape index (κ1) is 21.6. The van der Waals surface area contributed by atoms with Gasteiger partial charge in [-0.3, -0.25) is 10.1 Å². The van der Waals surface area contributed by atoms with Gasteiger partial charge in [0.1, 0.15) is 11.8 Å². The van der Waals surface area contributed by atoms with Crippen molar-refractivity contribution in [1.29, 1.82) is 0 Å². The number of para-hydroxylation sites is 1. The molecule has 0 fully saturated rings. The highest BCUT2D eigenvalue weighted by Gasteiger charge is 2.36. The van der Waals surface area contributed by atoms with E-state index in [0.717, 1.165) is 5.75 Å². The molecule has 3 rings (SSSR count). The van der Waals surface area contributed by atoms with Crippen LogP contribution in [0.15, 0.2) is 53.7 Å². The molecule has 3 aromatic rings. The normalized spacial score (nSPS) is 12.6. The van der Waals surface area contributed by atoms with Crippen LogP contribution in [0, 0.1) is 15.5 Å². The summed E-state index contributed by atoms with van der Waals surface area (Å²) < 4.78 is 7.30. The molecule has 158 valence electrons. The number of ether oxygens (including phenoxy) is 1. The predicted octanol–water partition coefficient (Wildman–Crippen LogP) is 4.79. The summed E-state index contributed by atoms with van der Waals surface area (Å²) in [7, 11) is 0.